The summed E-state index contributed by atoms with van der Waals surface area (Å²) in [7, 11) is 0. The maximum atomic E-state index is 13.0. The minimum Gasteiger partial charge on any atom is -0.198 e. The van der Waals surface area contributed by atoms with Crippen molar-refractivity contribution in [2.75, 3.05) is 0 Å². The van der Waals surface area contributed by atoms with Crippen molar-refractivity contribution >= 4 is 0 Å². The Bertz CT molecular complexity index is 305. The quantitative estimate of drug-likeness (QED) is 0.675. The topological polar surface area (TPSA) is 23.8 Å². The predicted octanol–water partition coefficient (Wildman–Crippen LogP) is 4.29. The summed E-state index contributed by atoms with van der Waals surface area (Å²) in [6, 6.07) is 2.14. The number of nitriles is 1. The zero-order valence-corrected chi connectivity index (χ0v) is 9.84. The van der Waals surface area contributed by atoms with Crippen LogP contribution < -0.4 is 0 Å². The molecule has 17 heavy (non-hydrogen) atoms. The van der Waals surface area contributed by atoms with Gasteiger partial charge in [0.05, 0.1) is 12.0 Å². The van der Waals surface area contributed by atoms with Crippen molar-refractivity contribution in [2.45, 2.75) is 51.1 Å². The van der Waals surface area contributed by atoms with E-state index in [4.69, 9.17) is 5.26 Å². The van der Waals surface area contributed by atoms with Crippen molar-refractivity contribution < 1.29 is 13.2 Å². The highest BCUT2D eigenvalue weighted by molar-refractivity contribution is 4.94. The number of fused-ring (bicyclic) bond motifs is 1. The van der Waals surface area contributed by atoms with Crippen LogP contribution in [-0.4, -0.2) is 6.18 Å². The fourth-order valence-corrected chi connectivity index (χ4v) is 3.87. The Balaban J connectivity index is 2.14. The van der Waals surface area contributed by atoms with Gasteiger partial charge in [0.1, 0.15) is 0 Å². The molecule has 2 rings (SSSR count). The van der Waals surface area contributed by atoms with Gasteiger partial charge in [-0.3, -0.25) is 0 Å². The van der Waals surface area contributed by atoms with Crippen LogP contribution in [0, 0.1) is 35.0 Å². The number of alkyl halides is 3. The molecule has 1 nitrogen and oxygen atoms in total. The summed E-state index contributed by atoms with van der Waals surface area (Å²) >= 11 is 0. The van der Waals surface area contributed by atoms with Crippen molar-refractivity contribution in [2.24, 2.45) is 23.7 Å². The third kappa shape index (κ3) is 2.59. The first-order valence-electron chi connectivity index (χ1n) is 6.47. The summed E-state index contributed by atoms with van der Waals surface area (Å²) in [6.07, 6.45) is 0.764. The second kappa shape index (κ2) is 4.88. The molecule has 0 heterocycles. The first kappa shape index (κ1) is 12.7. The number of nitrogens with zero attached hydrogens (tertiary/aromatic N) is 1. The smallest absolute Gasteiger partial charge is 0.198 e. The molecule has 0 aromatic carbocycles. The average Bonchev–Trinajstić information content (AvgIpc) is 2.28. The normalized spacial score (nSPS) is 38.2. The van der Waals surface area contributed by atoms with Gasteiger partial charge in [0.25, 0.3) is 0 Å². The van der Waals surface area contributed by atoms with E-state index in [1.165, 1.54) is 0 Å². The van der Waals surface area contributed by atoms with Crippen LogP contribution in [0.2, 0.25) is 0 Å². The van der Waals surface area contributed by atoms with E-state index in [1.54, 1.807) is 0 Å². The summed E-state index contributed by atoms with van der Waals surface area (Å²) in [5, 5.41) is 8.76. The molecule has 2 saturated carbocycles. The van der Waals surface area contributed by atoms with Crippen LogP contribution in [0.25, 0.3) is 0 Å². The lowest BCUT2D eigenvalue weighted by atomic mass is 9.60. The van der Waals surface area contributed by atoms with Gasteiger partial charge in [-0.25, -0.2) is 0 Å². The van der Waals surface area contributed by atoms with E-state index in [2.05, 4.69) is 6.07 Å². The van der Waals surface area contributed by atoms with E-state index in [0.717, 1.165) is 19.3 Å². The van der Waals surface area contributed by atoms with E-state index in [1.807, 2.05) is 0 Å². The molecule has 0 aromatic heterocycles. The highest BCUT2D eigenvalue weighted by Gasteiger charge is 2.51. The van der Waals surface area contributed by atoms with Crippen LogP contribution in [0.4, 0.5) is 13.2 Å². The van der Waals surface area contributed by atoms with Gasteiger partial charge >= 0.3 is 6.18 Å². The van der Waals surface area contributed by atoms with Gasteiger partial charge in [-0.15, -0.1) is 0 Å². The average molecular weight is 245 g/mol. The first-order chi connectivity index (χ1) is 8.04. The molecule has 0 bridgehead atoms. The second-order valence-electron chi connectivity index (χ2n) is 5.46. The molecular weight excluding hydrogens is 227 g/mol. The number of rotatable bonds is 1. The van der Waals surface area contributed by atoms with Crippen LogP contribution in [0.5, 0.6) is 0 Å². The molecule has 0 radical (unpaired) electrons. The standard InChI is InChI=1S/C13H18F3N/c14-13(15,16)12-6-5-9(7-8-17)10-3-1-2-4-11(10)12/h9-12H,1-7H2. The number of hydrogen-bond acceptors (Lipinski definition) is 1. The van der Waals surface area contributed by atoms with Crippen molar-refractivity contribution in [3.05, 3.63) is 0 Å². The van der Waals surface area contributed by atoms with Crippen LogP contribution in [0.3, 0.4) is 0 Å². The lowest BCUT2D eigenvalue weighted by Gasteiger charge is -2.46. The van der Waals surface area contributed by atoms with Gasteiger partial charge in [0, 0.05) is 6.42 Å². The zero-order chi connectivity index (χ0) is 12.5. The van der Waals surface area contributed by atoms with Gasteiger partial charge in [-0.05, 0) is 43.4 Å². The Morgan fingerprint density at radius 3 is 2.24 bits per heavy atom. The van der Waals surface area contributed by atoms with E-state index >= 15 is 0 Å². The molecule has 0 spiro atoms. The molecule has 2 aliphatic rings. The van der Waals surface area contributed by atoms with Crippen LogP contribution in [-0.2, 0) is 0 Å². The lowest BCUT2D eigenvalue weighted by molar-refractivity contribution is -0.210. The summed E-state index contributed by atoms with van der Waals surface area (Å²) in [5.74, 6) is -0.966. The van der Waals surface area contributed by atoms with Crippen molar-refractivity contribution in [3.63, 3.8) is 0 Å². The minimum absolute atomic E-state index is 0.142. The van der Waals surface area contributed by atoms with E-state index in [9.17, 15) is 13.2 Å². The van der Waals surface area contributed by atoms with E-state index in [0.29, 0.717) is 19.3 Å². The van der Waals surface area contributed by atoms with Gasteiger partial charge in [0.15, 0.2) is 0 Å². The van der Waals surface area contributed by atoms with E-state index in [-0.39, 0.29) is 24.2 Å². The Hall–Kier alpha value is -0.720. The first-order valence-corrected chi connectivity index (χ1v) is 6.47. The maximum absolute atomic E-state index is 13.0. The Labute approximate surface area is 100.0 Å². The van der Waals surface area contributed by atoms with Crippen molar-refractivity contribution in [1.82, 2.24) is 0 Å². The Morgan fingerprint density at radius 1 is 1.00 bits per heavy atom. The van der Waals surface area contributed by atoms with Gasteiger partial charge in [-0.1, -0.05) is 12.8 Å². The molecule has 0 saturated heterocycles. The van der Waals surface area contributed by atoms with Gasteiger partial charge in [0.2, 0.25) is 0 Å². The summed E-state index contributed by atoms with van der Waals surface area (Å²) in [6.45, 7) is 0. The molecule has 96 valence electrons. The predicted molar refractivity (Wildman–Crippen MR) is 57.9 cm³/mol. The lowest BCUT2D eigenvalue weighted by Crippen LogP contribution is -2.43. The molecule has 0 amide bonds. The zero-order valence-electron chi connectivity index (χ0n) is 9.84. The minimum atomic E-state index is -4.04. The highest BCUT2D eigenvalue weighted by atomic mass is 19.4. The van der Waals surface area contributed by atoms with Crippen LogP contribution in [0.15, 0.2) is 0 Å². The molecule has 4 heteroatoms. The number of hydrogen-bond donors (Lipinski definition) is 0. The molecule has 2 fully saturated rings. The van der Waals surface area contributed by atoms with Gasteiger partial charge in [-0.2, -0.15) is 18.4 Å². The van der Waals surface area contributed by atoms with Crippen LogP contribution in [0.1, 0.15) is 44.9 Å². The number of halogens is 3. The SMILES string of the molecule is N#CCC1CCC(C(F)(F)F)C2CCCCC12. The third-order valence-corrected chi connectivity index (χ3v) is 4.62. The monoisotopic (exact) mass is 245 g/mol. The highest BCUT2D eigenvalue weighted by Crippen LogP contribution is 2.52. The Kier molecular flexibility index (Phi) is 3.65. The Morgan fingerprint density at radius 2 is 1.65 bits per heavy atom. The van der Waals surface area contributed by atoms with Crippen LogP contribution >= 0.6 is 0 Å². The molecule has 0 aliphatic heterocycles. The molecule has 0 N–H and O–H groups in total. The van der Waals surface area contributed by atoms with E-state index < -0.39 is 12.1 Å². The van der Waals surface area contributed by atoms with Crippen molar-refractivity contribution in [3.8, 4) is 6.07 Å². The molecule has 0 aromatic rings. The summed E-state index contributed by atoms with van der Waals surface area (Å²) in [4.78, 5) is 0. The second-order valence-corrected chi connectivity index (χ2v) is 5.46. The fourth-order valence-electron chi connectivity index (χ4n) is 3.87. The molecule has 2 aliphatic carbocycles. The maximum Gasteiger partial charge on any atom is 0.392 e. The molecule has 4 atom stereocenters. The largest absolute Gasteiger partial charge is 0.392 e. The summed E-state index contributed by atoms with van der Waals surface area (Å²) < 4.78 is 38.9. The third-order valence-electron chi connectivity index (χ3n) is 4.62. The van der Waals surface area contributed by atoms with Crippen molar-refractivity contribution in [1.29, 1.82) is 5.26 Å². The molecule has 4 unspecified atom stereocenters. The fraction of sp³-hybridized carbons (Fsp3) is 0.923. The summed E-state index contributed by atoms with van der Waals surface area (Å²) in [5.41, 5.74) is 0. The molecular formula is C13H18F3N. The van der Waals surface area contributed by atoms with Gasteiger partial charge < -0.3 is 0 Å².